The number of hydrogen-bond donors (Lipinski definition) is 1. The fraction of sp³-hybridized carbons (Fsp3) is 0.333. The molecule has 2 heteroatoms. The zero-order chi connectivity index (χ0) is 14.4. The van der Waals surface area contributed by atoms with Gasteiger partial charge in [0.15, 0.2) is 0 Å². The summed E-state index contributed by atoms with van der Waals surface area (Å²) in [7, 11) is 0. The number of anilines is 1. The Kier molecular flexibility index (Phi) is 5.05. The molecule has 0 bridgehead atoms. The van der Waals surface area contributed by atoms with Crippen LogP contribution in [0.3, 0.4) is 0 Å². The molecule has 0 heterocycles. The van der Waals surface area contributed by atoms with Gasteiger partial charge in [0.2, 0.25) is 0 Å². The lowest BCUT2D eigenvalue weighted by atomic mass is 10.0. The highest BCUT2D eigenvalue weighted by atomic mass is 16.3. The van der Waals surface area contributed by atoms with E-state index in [1.54, 1.807) is 12.1 Å². The molecule has 2 aromatic carbocycles. The molecule has 0 aliphatic rings. The van der Waals surface area contributed by atoms with Crippen LogP contribution in [0.4, 0.5) is 5.69 Å². The Bertz CT molecular complexity index is 512. The lowest BCUT2D eigenvalue weighted by molar-refractivity contribution is 0.475. The second-order valence-electron chi connectivity index (χ2n) is 5.01. The zero-order valence-corrected chi connectivity index (χ0v) is 12.3. The molecule has 2 aromatic rings. The maximum Gasteiger partial charge on any atom is 0.115 e. The summed E-state index contributed by atoms with van der Waals surface area (Å²) in [5.74, 6) is 0.331. The summed E-state index contributed by atoms with van der Waals surface area (Å²) in [5.41, 5.74) is 3.91. The van der Waals surface area contributed by atoms with Crippen molar-refractivity contribution >= 4 is 5.69 Å². The third kappa shape index (κ3) is 3.77. The van der Waals surface area contributed by atoms with Crippen molar-refractivity contribution < 1.29 is 5.11 Å². The molecule has 2 nitrogen and oxygen atoms in total. The van der Waals surface area contributed by atoms with E-state index in [0.717, 1.165) is 25.9 Å². The van der Waals surface area contributed by atoms with Gasteiger partial charge in [0.25, 0.3) is 0 Å². The number of rotatable bonds is 6. The van der Waals surface area contributed by atoms with Crippen LogP contribution in [0.25, 0.3) is 0 Å². The number of nitrogens with zero attached hydrogens (tertiary/aromatic N) is 1. The minimum atomic E-state index is 0.331. The SMILES string of the molecule is CCN(CC)c1ccc(CCc2ccc(O)cc2)cc1. The second kappa shape index (κ2) is 6.99. The Labute approximate surface area is 121 Å². The summed E-state index contributed by atoms with van der Waals surface area (Å²) in [6, 6.07) is 16.3. The summed E-state index contributed by atoms with van der Waals surface area (Å²) >= 11 is 0. The van der Waals surface area contributed by atoms with Crippen LogP contribution in [0, 0.1) is 0 Å². The molecule has 0 amide bonds. The average molecular weight is 269 g/mol. The van der Waals surface area contributed by atoms with Gasteiger partial charge < -0.3 is 10.0 Å². The predicted octanol–water partition coefficient (Wildman–Crippen LogP) is 4.02. The highest BCUT2D eigenvalue weighted by Gasteiger charge is 2.02. The van der Waals surface area contributed by atoms with E-state index in [1.807, 2.05) is 12.1 Å². The topological polar surface area (TPSA) is 23.5 Å². The number of aryl methyl sites for hydroxylation is 2. The monoisotopic (exact) mass is 269 g/mol. The molecule has 0 atom stereocenters. The van der Waals surface area contributed by atoms with Gasteiger partial charge in [0.1, 0.15) is 5.75 Å². The standard InChI is InChI=1S/C18H23NO/c1-3-19(4-2)17-11-7-15(8-12-17)5-6-16-9-13-18(20)14-10-16/h7-14,20H,3-6H2,1-2H3. The van der Waals surface area contributed by atoms with Crippen molar-refractivity contribution in [1.29, 1.82) is 0 Å². The van der Waals surface area contributed by atoms with Crippen LogP contribution < -0.4 is 4.90 Å². The summed E-state index contributed by atoms with van der Waals surface area (Å²) in [6.07, 6.45) is 2.04. The van der Waals surface area contributed by atoms with Crippen molar-refractivity contribution in [2.24, 2.45) is 0 Å². The Morgan fingerprint density at radius 2 is 1.20 bits per heavy atom. The first-order valence-corrected chi connectivity index (χ1v) is 7.34. The minimum absolute atomic E-state index is 0.331. The highest BCUT2D eigenvalue weighted by Crippen LogP contribution is 2.17. The van der Waals surface area contributed by atoms with Gasteiger partial charge in [-0.05, 0) is 62.1 Å². The first-order chi connectivity index (χ1) is 9.72. The van der Waals surface area contributed by atoms with E-state index < -0.39 is 0 Å². The van der Waals surface area contributed by atoms with E-state index in [0.29, 0.717) is 5.75 Å². The number of benzene rings is 2. The van der Waals surface area contributed by atoms with Crippen molar-refractivity contribution in [2.75, 3.05) is 18.0 Å². The summed E-state index contributed by atoms with van der Waals surface area (Å²) in [6.45, 7) is 6.46. The molecule has 106 valence electrons. The largest absolute Gasteiger partial charge is 0.508 e. The molecular formula is C18H23NO. The molecule has 1 N–H and O–H groups in total. The molecule has 0 saturated carbocycles. The molecular weight excluding hydrogens is 246 g/mol. The van der Waals surface area contributed by atoms with E-state index >= 15 is 0 Å². The molecule has 0 spiro atoms. The molecule has 0 aliphatic carbocycles. The Morgan fingerprint density at radius 3 is 1.65 bits per heavy atom. The molecule has 20 heavy (non-hydrogen) atoms. The van der Waals surface area contributed by atoms with Crippen molar-refractivity contribution in [3.05, 3.63) is 59.7 Å². The van der Waals surface area contributed by atoms with E-state index in [-0.39, 0.29) is 0 Å². The number of phenolic OH excluding ortho intramolecular Hbond substituents is 1. The van der Waals surface area contributed by atoms with Gasteiger partial charge in [0, 0.05) is 18.8 Å². The van der Waals surface area contributed by atoms with Crippen molar-refractivity contribution in [1.82, 2.24) is 0 Å². The molecule has 0 aromatic heterocycles. The normalized spacial score (nSPS) is 10.5. The number of hydrogen-bond acceptors (Lipinski definition) is 2. The third-order valence-corrected chi connectivity index (χ3v) is 3.70. The van der Waals surface area contributed by atoms with Crippen molar-refractivity contribution in [3.63, 3.8) is 0 Å². The van der Waals surface area contributed by atoms with Crippen LogP contribution in [0.1, 0.15) is 25.0 Å². The van der Waals surface area contributed by atoms with Crippen LogP contribution in [0.2, 0.25) is 0 Å². The lowest BCUT2D eigenvalue weighted by Crippen LogP contribution is -2.21. The second-order valence-corrected chi connectivity index (χ2v) is 5.01. The fourth-order valence-corrected chi connectivity index (χ4v) is 2.41. The average Bonchev–Trinajstić information content (AvgIpc) is 2.49. The lowest BCUT2D eigenvalue weighted by Gasteiger charge is -2.21. The minimum Gasteiger partial charge on any atom is -0.508 e. The molecule has 2 rings (SSSR count). The third-order valence-electron chi connectivity index (χ3n) is 3.70. The molecule has 0 unspecified atom stereocenters. The van der Waals surface area contributed by atoms with Gasteiger partial charge in [0.05, 0.1) is 0 Å². The van der Waals surface area contributed by atoms with E-state index in [4.69, 9.17) is 0 Å². The fourth-order valence-electron chi connectivity index (χ4n) is 2.41. The number of phenols is 1. The number of aromatic hydroxyl groups is 1. The van der Waals surface area contributed by atoms with Crippen molar-refractivity contribution in [3.8, 4) is 5.75 Å². The van der Waals surface area contributed by atoms with E-state index in [1.165, 1.54) is 16.8 Å². The maximum absolute atomic E-state index is 9.27. The van der Waals surface area contributed by atoms with Gasteiger partial charge >= 0.3 is 0 Å². The van der Waals surface area contributed by atoms with E-state index in [9.17, 15) is 5.11 Å². The Balaban J connectivity index is 1.95. The molecule has 0 fully saturated rings. The summed E-state index contributed by atoms with van der Waals surface area (Å²) in [5, 5.41) is 9.27. The Morgan fingerprint density at radius 1 is 0.750 bits per heavy atom. The zero-order valence-electron chi connectivity index (χ0n) is 12.3. The van der Waals surface area contributed by atoms with Crippen LogP contribution in [-0.2, 0) is 12.8 Å². The van der Waals surface area contributed by atoms with Gasteiger partial charge in [-0.1, -0.05) is 24.3 Å². The van der Waals surface area contributed by atoms with Gasteiger partial charge in [-0.15, -0.1) is 0 Å². The smallest absolute Gasteiger partial charge is 0.115 e. The highest BCUT2D eigenvalue weighted by molar-refractivity contribution is 5.47. The van der Waals surface area contributed by atoms with Crippen LogP contribution >= 0.6 is 0 Å². The van der Waals surface area contributed by atoms with Gasteiger partial charge in [-0.3, -0.25) is 0 Å². The van der Waals surface area contributed by atoms with Crippen molar-refractivity contribution in [2.45, 2.75) is 26.7 Å². The molecule has 0 radical (unpaired) electrons. The summed E-state index contributed by atoms with van der Waals surface area (Å²) < 4.78 is 0. The van der Waals surface area contributed by atoms with Crippen LogP contribution in [0.5, 0.6) is 5.75 Å². The first-order valence-electron chi connectivity index (χ1n) is 7.34. The van der Waals surface area contributed by atoms with Crippen LogP contribution in [-0.4, -0.2) is 18.2 Å². The molecule has 0 aliphatic heterocycles. The summed E-state index contributed by atoms with van der Waals surface area (Å²) in [4.78, 5) is 2.35. The molecule has 0 saturated heterocycles. The van der Waals surface area contributed by atoms with Crippen LogP contribution in [0.15, 0.2) is 48.5 Å². The first kappa shape index (κ1) is 14.4. The maximum atomic E-state index is 9.27. The van der Waals surface area contributed by atoms with E-state index in [2.05, 4.69) is 43.0 Å². The Hall–Kier alpha value is -1.96. The quantitative estimate of drug-likeness (QED) is 0.856. The predicted molar refractivity (Wildman–Crippen MR) is 85.5 cm³/mol. The van der Waals surface area contributed by atoms with Gasteiger partial charge in [-0.25, -0.2) is 0 Å². The van der Waals surface area contributed by atoms with Gasteiger partial charge in [-0.2, -0.15) is 0 Å².